The van der Waals surface area contributed by atoms with Crippen LogP contribution in [0.2, 0.25) is 0 Å². The first-order valence-corrected chi connectivity index (χ1v) is 9.23. The molecule has 0 aliphatic rings. The Hall–Kier alpha value is -0.640. The zero-order chi connectivity index (χ0) is 15.5. The Bertz CT molecular complexity index is 571. The maximum Gasteiger partial charge on any atom is 0.0701 e. The Morgan fingerprint density at radius 3 is 2.29 bits per heavy atom. The van der Waals surface area contributed by atoms with E-state index in [4.69, 9.17) is 0 Å². The lowest BCUT2D eigenvalue weighted by Crippen LogP contribution is -2.22. The highest BCUT2D eigenvalue weighted by Crippen LogP contribution is 2.31. The largest absolute Gasteiger partial charge is 0.307 e. The number of rotatable bonds is 6. The van der Waals surface area contributed by atoms with E-state index in [0.29, 0.717) is 0 Å². The molecule has 1 aromatic heterocycles. The zero-order valence-electron chi connectivity index (χ0n) is 13.2. The van der Waals surface area contributed by atoms with E-state index in [1.54, 1.807) is 11.3 Å². The van der Waals surface area contributed by atoms with E-state index in [9.17, 15) is 0 Å². The average Bonchev–Trinajstić information content (AvgIpc) is 2.91. The quantitative estimate of drug-likeness (QED) is 0.671. The molecule has 0 fully saturated rings. The van der Waals surface area contributed by atoms with Crippen LogP contribution >= 0.6 is 27.3 Å². The summed E-state index contributed by atoms with van der Waals surface area (Å²) < 4.78 is 1.18. The highest BCUT2D eigenvalue weighted by molar-refractivity contribution is 9.11. The lowest BCUT2D eigenvalue weighted by Gasteiger charge is -2.24. The zero-order valence-corrected chi connectivity index (χ0v) is 15.6. The van der Waals surface area contributed by atoms with Crippen LogP contribution in [0, 0.1) is 0 Å². The summed E-state index contributed by atoms with van der Waals surface area (Å²) in [7, 11) is 0. The van der Waals surface area contributed by atoms with Gasteiger partial charge in [0.05, 0.1) is 9.83 Å². The summed E-state index contributed by atoms with van der Waals surface area (Å²) in [5.74, 6) is 0. The van der Waals surface area contributed by atoms with Crippen molar-refractivity contribution in [3.63, 3.8) is 0 Å². The molecule has 0 spiro atoms. The van der Waals surface area contributed by atoms with E-state index < -0.39 is 0 Å². The molecule has 1 heterocycles. The number of hydrogen-bond donors (Lipinski definition) is 1. The summed E-state index contributed by atoms with van der Waals surface area (Å²) >= 11 is 5.30. The van der Waals surface area contributed by atoms with Crippen molar-refractivity contribution >= 4 is 27.3 Å². The lowest BCUT2D eigenvalue weighted by atomic mass is 9.81. The highest BCUT2D eigenvalue weighted by atomic mass is 79.9. The fraction of sp³-hybridized carbons (Fsp3) is 0.444. The van der Waals surface area contributed by atoms with Gasteiger partial charge in [0.2, 0.25) is 0 Å². The second-order valence-corrected chi connectivity index (χ2v) is 8.32. The minimum Gasteiger partial charge on any atom is -0.307 e. The van der Waals surface area contributed by atoms with Gasteiger partial charge in [-0.25, -0.2) is 0 Å². The van der Waals surface area contributed by atoms with E-state index in [1.807, 2.05) is 0 Å². The van der Waals surface area contributed by atoms with Gasteiger partial charge in [-0.3, -0.25) is 0 Å². The van der Waals surface area contributed by atoms with Gasteiger partial charge in [0, 0.05) is 0 Å². The molecule has 21 heavy (non-hydrogen) atoms. The Morgan fingerprint density at radius 2 is 1.81 bits per heavy atom. The van der Waals surface area contributed by atoms with Crippen molar-refractivity contribution in [1.82, 2.24) is 5.32 Å². The highest BCUT2D eigenvalue weighted by Gasteiger charge is 2.19. The van der Waals surface area contributed by atoms with E-state index in [0.717, 1.165) is 13.0 Å². The van der Waals surface area contributed by atoms with Crippen LogP contribution in [-0.2, 0) is 5.41 Å². The fourth-order valence-electron chi connectivity index (χ4n) is 2.44. The summed E-state index contributed by atoms with van der Waals surface area (Å²) in [6.07, 6.45) is 1.15. The van der Waals surface area contributed by atoms with Gasteiger partial charge in [0.1, 0.15) is 0 Å². The molecule has 2 rings (SSSR count). The average molecular weight is 366 g/mol. The van der Waals surface area contributed by atoms with E-state index in [2.05, 4.69) is 84.7 Å². The van der Waals surface area contributed by atoms with Crippen molar-refractivity contribution < 1.29 is 0 Å². The first kappa shape index (κ1) is 16.7. The van der Waals surface area contributed by atoms with Crippen LogP contribution < -0.4 is 5.32 Å². The van der Waals surface area contributed by atoms with Crippen LogP contribution in [0.5, 0.6) is 0 Å². The van der Waals surface area contributed by atoms with Crippen molar-refractivity contribution in [3.05, 3.63) is 56.2 Å². The fourth-order valence-corrected chi connectivity index (χ4v) is 3.64. The van der Waals surface area contributed by atoms with Gasteiger partial charge in [0.15, 0.2) is 0 Å². The minimum absolute atomic E-state index is 0.248. The lowest BCUT2D eigenvalue weighted by molar-refractivity contribution is 0.505. The molecule has 0 radical (unpaired) electrons. The van der Waals surface area contributed by atoms with Gasteiger partial charge >= 0.3 is 0 Å². The van der Waals surface area contributed by atoms with E-state index >= 15 is 0 Å². The number of hydrogen-bond acceptors (Lipinski definition) is 2. The molecule has 1 N–H and O–H groups in total. The Labute approximate surface area is 140 Å². The normalized spacial score (nSPS) is 13.4. The predicted octanol–water partition coefficient (Wildman–Crippen LogP) is 5.90. The standard InChI is InChI=1S/C18H24BrNS/c1-5-18(3,4)15-9-7-13(8-10-15)17(20-6-2)14-11-16(19)21-12-14/h7-12,17,20H,5-6H2,1-4H3. The second kappa shape index (κ2) is 7.08. The van der Waals surface area contributed by atoms with Crippen molar-refractivity contribution in [2.75, 3.05) is 6.54 Å². The molecule has 1 aromatic carbocycles. The maximum atomic E-state index is 3.59. The van der Waals surface area contributed by atoms with Gasteiger partial charge in [-0.05, 0) is 62.4 Å². The van der Waals surface area contributed by atoms with Gasteiger partial charge in [-0.15, -0.1) is 11.3 Å². The summed E-state index contributed by atoms with van der Waals surface area (Å²) in [5.41, 5.74) is 4.32. The molecule has 114 valence electrons. The third kappa shape index (κ3) is 3.97. The van der Waals surface area contributed by atoms with Crippen LogP contribution in [0.15, 0.2) is 39.5 Å². The number of halogens is 1. The molecule has 0 saturated heterocycles. The van der Waals surface area contributed by atoms with Crippen molar-refractivity contribution in [2.24, 2.45) is 0 Å². The van der Waals surface area contributed by atoms with Gasteiger partial charge < -0.3 is 5.32 Å². The molecule has 0 saturated carbocycles. The topological polar surface area (TPSA) is 12.0 Å². The van der Waals surface area contributed by atoms with Crippen LogP contribution in [0.4, 0.5) is 0 Å². The third-order valence-corrected chi connectivity index (χ3v) is 5.76. The van der Waals surface area contributed by atoms with Crippen molar-refractivity contribution in [3.8, 4) is 0 Å². The summed E-state index contributed by atoms with van der Waals surface area (Å²) in [6, 6.07) is 11.6. The van der Waals surface area contributed by atoms with Crippen molar-refractivity contribution in [2.45, 2.75) is 45.6 Å². The molecule has 1 atom stereocenters. The molecule has 3 heteroatoms. The van der Waals surface area contributed by atoms with Crippen molar-refractivity contribution in [1.29, 1.82) is 0 Å². The van der Waals surface area contributed by atoms with Crippen LogP contribution in [-0.4, -0.2) is 6.54 Å². The molecule has 2 aromatic rings. The molecular formula is C18H24BrNS. The third-order valence-electron chi connectivity index (χ3n) is 4.24. The van der Waals surface area contributed by atoms with Gasteiger partial charge in [-0.1, -0.05) is 52.0 Å². The SMILES string of the molecule is CCNC(c1ccc(C(C)(C)CC)cc1)c1csc(Br)c1. The molecular weight excluding hydrogens is 342 g/mol. The van der Waals surface area contributed by atoms with Gasteiger partial charge in [0.25, 0.3) is 0 Å². The number of nitrogens with one attached hydrogen (secondary N) is 1. The summed E-state index contributed by atoms with van der Waals surface area (Å²) in [6.45, 7) is 9.97. The molecule has 0 aliphatic carbocycles. The first-order valence-electron chi connectivity index (χ1n) is 7.55. The molecule has 0 aliphatic heterocycles. The monoisotopic (exact) mass is 365 g/mol. The Balaban J connectivity index is 2.29. The summed E-state index contributed by atoms with van der Waals surface area (Å²) in [4.78, 5) is 0. The first-order chi connectivity index (χ1) is 9.97. The Kier molecular flexibility index (Phi) is 5.64. The van der Waals surface area contributed by atoms with Crippen LogP contribution in [0.3, 0.4) is 0 Å². The smallest absolute Gasteiger partial charge is 0.0701 e. The molecule has 1 unspecified atom stereocenters. The maximum absolute atomic E-state index is 3.59. The molecule has 0 amide bonds. The second-order valence-electron chi connectivity index (χ2n) is 6.03. The molecule has 1 nitrogen and oxygen atoms in total. The van der Waals surface area contributed by atoms with Crippen LogP contribution in [0.1, 0.15) is 56.8 Å². The number of thiophene rings is 1. The predicted molar refractivity (Wildman–Crippen MR) is 97.3 cm³/mol. The van der Waals surface area contributed by atoms with Gasteiger partial charge in [-0.2, -0.15) is 0 Å². The minimum atomic E-state index is 0.248. The molecule has 0 bridgehead atoms. The summed E-state index contributed by atoms with van der Waals surface area (Å²) in [5, 5.41) is 5.81. The van der Waals surface area contributed by atoms with E-state index in [1.165, 1.54) is 20.5 Å². The Morgan fingerprint density at radius 1 is 1.14 bits per heavy atom. The number of benzene rings is 1. The van der Waals surface area contributed by atoms with Crippen LogP contribution in [0.25, 0.3) is 0 Å². The van der Waals surface area contributed by atoms with E-state index in [-0.39, 0.29) is 11.5 Å².